The molecule has 2 aliphatic heterocycles. The van der Waals surface area contributed by atoms with Crippen molar-refractivity contribution >= 4 is 11.9 Å². The highest BCUT2D eigenvalue weighted by atomic mass is 19.1. The Bertz CT molecular complexity index is 1160. The molecule has 0 saturated carbocycles. The van der Waals surface area contributed by atoms with Crippen molar-refractivity contribution in [2.24, 2.45) is 11.3 Å². The second kappa shape index (κ2) is 9.55. The highest BCUT2D eigenvalue weighted by Gasteiger charge is 2.39. The monoisotopic (exact) mass is 468 g/mol. The Hall–Kier alpha value is -3.25. The minimum absolute atomic E-state index is 0.0200. The number of nitrogens with one attached hydrogen (secondary N) is 1. The summed E-state index contributed by atoms with van der Waals surface area (Å²) < 4.78 is 22.3. The lowest BCUT2D eigenvalue weighted by molar-refractivity contribution is 0.0152. The summed E-state index contributed by atoms with van der Waals surface area (Å²) >= 11 is 0. The smallest absolute Gasteiger partial charge is 0.336 e. The first kappa shape index (κ1) is 23.9. The van der Waals surface area contributed by atoms with Gasteiger partial charge in [0.25, 0.3) is 5.91 Å². The molecule has 1 fully saturated rings. The van der Waals surface area contributed by atoms with Gasteiger partial charge in [0.15, 0.2) is 0 Å². The minimum Gasteiger partial charge on any atom is -0.478 e. The van der Waals surface area contributed by atoms with Gasteiger partial charge >= 0.3 is 5.97 Å². The highest BCUT2D eigenvalue weighted by Crippen LogP contribution is 2.37. The average molecular weight is 469 g/mol. The van der Waals surface area contributed by atoms with E-state index in [-0.39, 0.29) is 40.4 Å². The van der Waals surface area contributed by atoms with Gasteiger partial charge in [0.05, 0.1) is 28.1 Å². The Labute approximate surface area is 197 Å². The summed E-state index contributed by atoms with van der Waals surface area (Å²) in [6.07, 6.45) is 3.13. The van der Waals surface area contributed by atoms with E-state index in [1.807, 2.05) is 18.5 Å². The average Bonchev–Trinajstić information content (AvgIpc) is 3.08. The lowest BCUT2D eigenvalue weighted by Crippen LogP contribution is -2.40. The van der Waals surface area contributed by atoms with Crippen molar-refractivity contribution in [3.63, 3.8) is 0 Å². The van der Waals surface area contributed by atoms with E-state index in [0.717, 1.165) is 24.2 Å². The van der Waals surface area contributed by atoms with Crippen molar-refractivity contribution in [2.45, 2.75) is 52.5 Å². The van der Waals surface area contributed by atoms with Gasteiger partial charge in [-0.3, -0.25) is 9.48 Å². The van der Waals surface area contributed by atoms with Gasteiger partial charge in [0, 0.05) is 31.9 Å². The number of nitriles is 1. The Morgan fingerprint density at radius 2 is 2.15 bits per heavy atom. The Morgan fingerprint density at radius 3 is 2.79 bits per heavy atom. The molecule has 2 aromatic rings. The number of hydrogen-bond donors (Lipinski definition) is 2. The predicted molar refractivity (Wildman–Crippen MR) is 121 cm³/mol. The first-order chi connectivity index (χ1) is 16.3. The van der Waals surface area contributed by atoms with Crippen LogP contribution in [-0.4, -0.2) is 46.5 Å². The topological polar surface area (TPSA) is 117 Å². The largest absolute Gasteiger partial charge is 0.478 e. The van der Waals surface area contributed by atoms with Gasteiger partial charge in [0.1, 0.15) is 11.9 Å². The number of halogens is 1. The number of carboxylic acids is 1. The molecule has 0 aliphatic carbocycles. The summed E-state index contributed by atoms with van der Waals surface area (Å²) in [5, 5.41) is 26.5. The van der Waals surface area contributed by atoms with Crippen LogP contribution in [0.4, 0.5) is 4.39 Å². The van der Waals surface area contributed by atoms with Crippen LogP contribution in [0, 0.1) is 28.5 Å². The van der Waals surface area contributed by atoms with E-state index < -0.39 is 11.8 Å². The van der Waals surface area contributed by atoms with E-state index in [9.17, 15) is 24.3 Å². The van der Waals surface area contributed by atoms with Crippen LogP contribution >= 0.6 is 0 Å². The predicted octanol–water partition coefficient (Wildman–Crippen LogP) is 3.12. The summed E-state index contributed by atoms with van der Waals surface area (Å²) in [5.74, 6) is -2.32. The second-order valence-corrected chi connectivity index (χ2v) is 9.46. The number of nitrogens with zero attached hydrogens (tertiary/aromatic N) is 3. The number of aryl methyl sites for hydroxylation is 1. The number of aromatic carboxylic acids is 1. The highest BCUT2D eigenvalue weighted by molar-refractivity contribution is 5.97. The maximum absolute atomic E-state index is 14.9. The van der Waals surface area contributed by atoms with Gasteiger partial charge in [-0.1, -0.05) is 13.8 Å². The molecule has 2 aliphatic rings. The van der Waals surface area contributed by atoms with Crippen LogP contribution in [-0.2, 0) is 30.5 Å². The van der Waals surface area contributed by atoms with E-state index in [4.69, 9.17) is 9.84 Å². The number of carbonyl (C=O) groups excluding carboxylic acids is 1. The van der Waals surface area contributed by atoms with E-state index in [2.05, 4.69) is 5.32 Å². The first-order valence-electron chi connectivity index (χ1n) is 11.7. The molecule has 1 spiro atoms. The van der Waals surface area contributed by atoms with Crippen LogP contribution in [0.3, 0.4) is 0 Å². The van der Waals surface area contributed by atoms with Gasteiger partial charge in [-0.25, -0.2) is 9.18 Å². The molecule has 1 amide bonds. The molecule has 1 aromatic heterocycles. The number of carboxylic acid groups (broad SMARTS) is 1. The molecular formula is C25H29FN4O4. The molecule has 34 heavy (non-hydrogen) atoms. The van der Waals surface area contributed by atoms with E-state index in [0.29, 0.717) is 44.7 Å². The fourth-order valence-electron chi connectivity index (χ4n) is 5.14. The number of fused-ring (bicyclic) bond motifs is 1. The standard InChI is InChI=1S/C25H29FN4O4/c1-3-19-21-20(11-25(14-28-23(21)31)6-8-34-9-7-25)30(29-19)13-15(2)10-18-17(24(32)33)5-4-16(12-27)22(18)26/h4-5,15H,3,6-11,13-14H2,1-2H3,(H,28,31)(H,32,33)/t15-/m1/s1. The van der Waals surface area contributed by atoms with Crippen molar-refractivity contribution in [1.29, 1.82) is 5.26 Å². The van der Waals surface area contributed by atoms with Gasteiger partial charge < -0.3 is 15.2 Å². The van der Waals surface area contributed by atoms with Gasteiger partial charge in [0.2, 0.25) is 0 Å². The molecular weight excluding hydrogens is 439 g/mol. The molecule has 1 saturated heterocycles. The molecule has 9 heteroatoms. The number of hydrogen-bond acceptors (Lipinski definition) is 5. The third-order valence-corrected chi connectivity index (χ3v) is 7.04. The molecule has 0 unspecified atom stereocenters. The number of ether oxygens (including phenoxy) is 1. The molecule has 4 rings (SSSR count). The van der Waals surface area contributed by atoms with Crippen LogP contribution in [0.2, 0.25) is 0 Å². The fourth-order valence-corrected chi connectivity index (χ4v) is 5.14. The maximum atomic E-state index is 14.9. The number of aromatic nitrogens is 2. The van der Waals surface area contributed by atoms with Crippen molar-refractivity contribution in [1.82, 2.24) is 15.1 Å². The number of amides is 1. The van der Waals surface area contributed by atoms with E-state index >= 15 is 0 Å². The fraction of sp³-hybridized carbons (Fsp3) is 0.520. The maximum Gasteiger partial charge on any atom is 0.336 e. The van der Waals surface area contributed by atoms with Crippen LogP contribution in [0.1, 0.15) is 69.9 Å². The van der Waals surface area contributed by atoms with Crippen molar-refractivity contribution in [3.8, 4) is 6.07 Å². The van der Waals surface area contributed by atoms with Crippen LogP contribution in [0.5, 0.6) is 0 Å². The minimum atomic E-state index is -1.23. The normalized spacial score (nSPS) is 18.0. The number of benzene rings is 1. The van der Waals surface area contributed by atoms with Gasteiger partial charge in [-0.05, 0) is 55.6 Å². The van der Waals surface area contributed by atoms with Crippen molar-refractivity contribution in [3.05, 3.63) is 51.6 Å². The number of carbonyl (C=O) groups is 2. The SMILES string of the molecule is CCc1nn(C[C@H](C)Cc2c(C(=O)O)ccc(C#N)c2F)c2c1C(=O)NCC1(CCOCC1)C2. The molecule has 2 N–H and O–H groups in total. The van der Waals surface area contributed by atoms with Crippen LogP contribution in [0.25, 0.3) is 0 Å². The Morgan fingerprint density at radius 1 is 1.41 bits per heavy atom. The first-order valence-corrected chi connectivity index (χ1v) is 11.7. The number of rotatable bonds is 6. The molecule has 1 aromatic carbocycles. The molecule has 3 heterocycles. The van der Waals surface area contributed by atoms with Crippen molar-refractivity contribution in [2.75, 3.05) is 19.8 Å². The zero-order chi connectivity index (χ0) is 24.5. The third-order valence-electron chi connectivity index (χ3n) is 7.04. The van der Waals surface area contributed by atoms with E-state index in [1.54, 1.807) is 6.07 Å². The summed E-state index contributed by atoms with van der Waals surface area (Å²) in [6.45, 7) is 6.16. The summed E-state index contributed by atoms with van der Waals surface area (Å²) in [6, 6.07) is 4.25. The Balaban J connectivity index is 1.66. The van der Waals surface area contributed by atoms with Crippen LogP contribution < -0.4 is 5.32 Å². The molecule has 0 radical (unpaired) electrons. The molecule has 0 bridgehead atoms. The summed E-state index contributed by atoms with van der Waals surface area (Å²) in [4.78, 5) is 24.7. The lowest BCUT2D eigenvalue weighted by atomic mass is 9.76. The van der Waals surface area contributed by atoms with Crippen molar-refractivity contribution < 1.29 is 23.8 Å². The van der Waals surface area contributed by atoms with Gasteiger partial charge in [-0.2, -0.15) is 10.4 Å². The quantitative estimate of drug-likeness (QED) is 0.673. The lowest BCUT2D eigenvalue weighted by Gasteiger charge is -2.36. The molecule has 180 valence electrons. The Kier molecular flexibility index (Phi) is 6.71. The third kappa shape index (κ3) is 4.42. The van der Waals surface area contributed by atoms with Gasteiger partial charge in [-0.15, -0.1) is 0 Å². The summed E-state index contributed by atoms with van der Waals surface area (Å²) in [7, 11) is 0. The summed E-state index contributed by atoms with van der Waals surface area (Å²) in [5.41, 5.74) is 1.85. The second-order valence-electron chi connectivity index (χ2n) is 9.46. The molecule has 1 atom stereocenters. The molecule has 8 nitrogen and oxygen atoms in total. The zero-order valence-corrected chi connectivity index (χ0v) is 19.5. The zero-order valence-electron chi connectivity index (χ0n) is 19.5. The van der Waals surface area contributed by atoms with Crippen LogP contribution in [0.15, 0.2) is 12.1 Å². The van der Waals surface area contributed by atoms with E-state index in [1.165, 1.54) is 12.1 Å².